The summed E-state index contributed by atoms with van der Waals surface area (Å²) in [5.74, 6) is 2.95. The van der Waals surface area contributed by atoms with Crippen molar-refractivity contribution in [1.29, 1.82) is 0 Å². The summed E-state index contributed by atoms with van der Waals surface area (Å²) in [6, 6.07) is 171. The van der Waals surface area contributed by atoms with Crippen molar-refractivity contribution in [3.8, 4) is 203 Å². The number of benzene rings is 15. The molecule has 0 atom stereocenters. The summed E-state index contributed by atoms with van der Waals surface area (Å²) in [6.07, 6.45) is 5.31. The van der Waals surface area contributed by atoms with Crippen LogP contribution in [0.25, 0.3) is 269 Å². The van der Waals surface area contributed by atoms with Gasteiger partial charge in [-0.1, -0.05) is 419 Å². The highest BCUT2D eigenvalue weighted by Gasteiger charge is 2.24. The lowest BCUT2D eigenvalue weighted by molar-refractivity contribution is 1.06. The van der Waals surface area contributed by atoms with Crippen LogP contribution in [0.5, 0.6) is 0 Å². The molecule has 0 aliphatic heterocycles. The Hall–Kier alpha value is -20.6. The van der Waals surface area contributed by atoms with E-state index in [2.05, 4.69) is 288 Å². The summed E-state index contributed by atoms with van der Waals surface area (Å²) in [5, 5.41) is 6.28. The molecule has 12 heterocycles. The molecule has 0 saturated heterocycles. The monoisotopic (exact) mass is 1920 g/mol. The SMILES string of the molecule is c1ccc(-c2cc(-c3ccc(-c4cc(-c5ccccc5)nc5c4ccc4ccc(-c6ccccc6)nc45)cc3)nc(-c3ccccn3)n2)cc1.c1ccc(-c2cc(-c3ccccn3)nc(-c3ccc(-c4cc(-c5ccccc5)nc5c4ccc4ccc(-c6ccccc6)nc45)cc3)n2)cc1.c1ccc(-c2ccc3ccc4c(-c5ccc(-c6nc(-c7ccccc7)nc(-c7ccccn7)n6)cc5)cc(-c5ccccc5)nc4c3n2)cc1. The van der Waals surface area contributed by atoms with E-state index < -0.39 is 0 Å². The number of nitrogens with zero attached hydrogens (tertiary/aromatic N) is 16. The van der Waals surface area contributed by atoms with Gasteiger partial charge in [-0.25, -0.2) is 64.8 Å². The van der Waals surface area contributed by atoms with Crippen molar-refractivity contribution >= 4 is 65.4 Å². The molecule has 12 aromatic heterocycles. The average Bonchev–Trinajstić information content (AvgIpc) is 0.753. The highest BCUT2D eigenvalue weighted by Crippen LogP contribution is 2.44. The number of aromatic nitrogens is 16. The molecule has 0 N–H and O–H groups in total. The molecule has 15 aromatic carbocycles. The number of rotatable bonds is 18. The average molecular weight is 1920 g/mol. The summed E-state index contributed by atoms with van der Waals surface area (Å²) < 4.78 is 0. The highest BCUT2D eigenvalue weighted by molar-refractivity contribution is 6.13. The summed E-state index contributed by atoms with van der Waals surface area (Å²) >= 11 is 0. The Balaban J connectivity index is 0.000000116. The van der Waals surface area contributed by atoms with Gasteiger partial charge in [0, 0.05) is 118 Å². The Morgan fingerprint density at radius 1 is 0.107 bits per heavy atom. The molecule has 0 bridgehead atoms. The van der Waals surface area contributed by atoms with Gasteiger partial charge in [0.25, 0.3) is 0 Å². The van der Waals surface area contributed by atoms with Gasteiger partial charge >= 0.3 is 0 Å². The van der Waals surface area contributed by atoms with Gasteiger partial charge in [0.05, 0.1) is 95.7 Å². The summed E-state index contributed by atoms with van der Waals surface area (Å²) in [7, 11) is 0. The molecular formula is C134H86N16. The molecule has 0 aliphatic rings. The molecule has 0 saturated carbocycles. The molecular weight excluding hydrogens is 1830 g/mol. The molecule has 0 fully saturated rings. The van der Waals surface area contributed by atoms with Crippen LogP contribution >= 0.6 is 0 Å². The van der Waals surface area contributed by atoms with Gasteiger partial charge in [0.1, 0.15) is 11.4 Å². The molecule has 0 amide bonds. The molecule has 0 unspecified atom stereocenters. The zero-order valence-electron chi connectivity index (χ0n) is 80.8. The van der Waals surface area contributed by atoms with E-state index in [0.717, 1.165) is 234 Å². The van der Waals surface area contributed by atoms with Gasteiger partial charge in [-0.15, -0.1) is 0 Å². The van der Waals surface area contributed by atoms with Crippen molar-refractivity contribution in [2.75, 3.05) is 0 Å². The minimum Gasteiger partial charge on any atom is -0.255 e. The van der Waals surface area contributed by atoms with Crippen LogP contribution in [0.1, 0.15) is 0 Å². The van der Waals surface area contributed by atoms with E-state index in [-0.39, 0.29) is 0 Å². The fraction of sp³-hybridized carbons (Fsp3) is 0. The summed E-state index contributed by atoms with van der Waals surface area (Å²) in [5.41, 5.74) is 34.9. The lowest BCUT2D eigenvalue weighted by Crippen LogP contribution is -2.01. The zero-order chi connectivity index (χ0) is 99.8. The van der Waals surface area contributed by atoms with Gasteiger partial charge in [0.2, 0.25) is 0 Å². The first-order valence-electron chi connectivity index (χ1n) is 49.6. The summed E-state index contributed by atoms with van der Waals surface area (Å²) in [4.78, 5) is 79.4. The molecule has 16 heteroatoms. The Kier molecular flexibility index (Phi) is 24.8. The number of fused-ring (bicyclic) bond motifs is 9. The molecule has 0 spiro atoms. The Labute approximate surface area is 864 Å². The van der Waals surface area contributed by atoms with E-state index in [1.54, 1.807) is 18.6 Å². The van der Waals surface area contributed by atoms with E-state index in [1.807, 2.05) is 231 Å². The van der Waals surface area contributed by atoms with Crippen LogP contribution in [0, 0.1) is 0 Å². The van der Waals surface area contributed by atoms with E-state index >= 15 is 0 Å². The second-order valence-corrected chi connectivity index (χ2v) is 36.3. The van der Waals surface area contributed by atoms with Crippen molar-refractivity contribution in [3.05, 3.63) is 522 Å². The largest absolute Gasteiger partial charge is 0.255 e. The first-order chi connectivity index (χ1) is 74.3. The molecule has 27 rings (SSSR count). The van der Waals surface area contributed by atoms with Crippen LogP contribution in [-0.4, -0.2) is 79.7 Å². The van der Waals surface area contributed by atoms with E-state index in [4.69, 9.17) is 64.8 Å². The van der Waals surface area contributed by atoms with Crippen LogP contribution < -0.4 is 0 Å². The molecule has 27 aromatic rings. The van der Waals surface area contributed by atoms with Crippen LogP contribution in [0.15, 0.2) is 522 Å². The van der Waals surface area contributed by atoms with Crippen molar-refractivity contribution in [1.82, 2.24) is 79.7 Å². The third kappa shape index (κ3) is 19.0. The Bertz CT molecular complexity index is 8540. The van der Waals surface area contributed by atoms with Crippen molar-refractivity contribution in [2.24, 2.45) is 0 Å². The molecule has 702 valence electrons. The maximum absolute atomic E-state index is 5.25. The first kappa shape index (κ1) is 90.6. The predicted octanol–water partition coefficient (Wildman–Crippen LogP) is 32.3. The maximum atomic E-state index is 5.25. The maximum Gasteiger partial charge on any atom is 0.182 e. The third-order valence-electron chi connectivity index (χ3n) is 26.7. The fourth-order valence-corrected chi connectivity index (χ4v) is 19.1. The predicted molar refractivity (Wildman–Crippen MR) is 607 cm³/mol. The van der Waals surface area contributed by atoms with Crippen LogP contribution in [-0.2, 0) is 0 Å². The third-order valence-corrected chi connectivity index (χ3v) is 26.7. The first-order valence-corrected chi connectivity index (χ1v) is 49.6. The second-order valence-electron chi connectivity index (χ2n) is 36.3. The van der Waals surface area contributed by atoms with Gasteiger partial charge < -0.3 is 0 Å². The number of hydrogen-bond acceptors (Lipinski definition) is 16. The van der Waals surface area contributed by atoms with Crippen molar-refractivity contribution in [3.63, 3.8) is 0 Å². The lowest BCUT2D eigenvalue weighted by Gasteiger charge is -2.14. The molecule has 16 nitrogen and oxygen atoms in total. The van der Waals surface area contributed by atoms with Gasteiger partial charge in [-0.05, 0) is 118 Å². The van der Waals surface area contributed by atoms with Crippen LogP contribution in [0.2, 0.25) is 0 Å². The quantitative estimate of drug-likeness (QED) is 0.0732. The van der Waals surface area contributed by atoms with Gasteiger partial charge in [-0.3, -0.25) is 15.0 Å². The normalized spacial score (nSPS) is 11.2. The van der Waals surface area contributed by atoms with Gasteiger partial charge in [0.15, 0.2) is 29.1 Å². The van der Waals surface area contributed by atoms with E-state index in [0.29, 0.717) is 34.8 Å². The fourth-order valence-electron chi connectivity index (χ4n) is 19.1. The number of hydrogen-bond donors (Lipinski definition) is 0. The van der Waals surface area contributed by atoms with E-state index in [1.165, 1.54) is 0 Å². The standard InChI is InChI=1S/2C45H29N5.C44H28N6/c1-4-12-31(13-5-1)38-26-24-34-23-25-36-37(28-40(32-14-6-2-7-15-32)48-44(36)43(34)47-38)30-19-21-35(22-20-30)45-49-41(33-16-8-3-9-17-33)29-42(50-45)39-18-10-11-27-46-39;1-4-12-31(13-5-1)38-26-24-35-23-25-36-37(28-40(32-14-6-2-7-15-32)48-44(36)43(35)47-38)30-19-21-34(22-20-30)42-29-41(33-16-8-3-9-17-33)49-45(50-42)39-18-10-11-27-46-39;1-4-12-30(13-5-1)37-26-24-32-23-25-35-36(28-39(31-14-6-2-7-15-31)47-41(35)40(32)46-37)29-19-21-34(22-20-29)43-48-42(33-16-8-3-9-17-33)49-44(50-43)38-18-10-11-27-45-38/h2*1-29H;1-28H. The van der Waals surface area contributed by atoms with Crippen molar-refractivity contribution in [2.45, 2.75) is 0 Å². The van der Waals surface area contributed by atoms with Crippen molar-refractivity contribution < 1.29 is 0 Å². The number of pyridine rings is 9. The lowest BCUT2D eigenvalue weighted by atomic mass is 9.95. The highest BCUT2D eigenvalue weighted by atomic mass is 15.0. The molecule has 0 radical (unpaired) electrons. The Morgan fingerprint density at radius 3 is 0.620 bits per heavy atom. The minimum absolute atomic E-state index is 0.528. The molecule has 0 aliphatic carbocycles. The smallest absolute Gasteiger partial charge is 0.182 e. The van der Waals surface area contributed by atoms with Crippen LogP contribution in [0.3, 0.4) is 0 Å². The van der Waals surface area contributed by atoms with Gasteiger partial charge in [-0.2, -0.15) is 0 Å². The minimum atomic E-state index is 0.528. The van der Waals surface area contributed by atoms with Crippen LogP contribution in [0.4, 0.5) is 0 Å². The zero-order valence-corrected chi connectivity index (χ0v) is 80.8. The summed E-state index contributed by atoms with van der Waals surface area (Å²) in [6.45, 7) is 0. The second kappa shape index (κ2) is 41.0. The topological polar surface area (TPSA) is 206 Å². The Morgan fingerprint density at radius 2 is 0.313 bits per heavy atom. The van der Waals surface area contributed by atoms with E-state index in [9.17, 15) is 0 Å². The molecule has 150 heavy (non-hydrogen) atoms.